The molecular formula is C15H27N3O3. The minimum absolute atomic E-state index is 0.0106. The van der Waals surface area contributed by atoms with E-state index in [1.807, 2.05) is 25.7 Å². The summed E-state index contributed by atoms with van der Waals surface area (Å²) in [5.74, 6) is 0.0989. The number of hydrogen-bond acceptors (Lipinski definition) is 4. The Morgan fingerprint density at radius 3 is 2.24 bits per heavy atom. The molecule has 0 aromatic heterocycles. The highest BCUT2D eigenvalue weighted by molar-refractivity contribution is 5.86. The van der Waals surface area contributed by atoms with Crippen LogP contribution < -0.4 is 0 Å². The second kappa shape index (κ2) is 5.93. The first-order valence-electron chi connectivity index (χ1n) is 7.61. The van der Waals surface area contributed by atoms with Gasteiger partial charge in [0, 0.05) is 39.8 Å². The largest absolute Gasteiger partial charge is 0.359 e. The van der Waals surface area contributed by atoms with Gasteiger partial charge in [-0.2, -0.15) is 0 Å². The van der Waals surface area contributed by atoms with E-state index in [-0.39, 0.29) is 24.0 Å². The second-order valence-electron chi connectivity index (χ2n) is 6.94. The molecule has 2 atom stereocenters. The second-order valence-corrected chi connectivity index (χ2v) is 6.94. The van der Waals surface area contributed by atoms with Gasteiger partial charge in [-0.3, -0.25) is 9.59 Å². The van der Waals surface area contributed by atoms with E-state index in [4.69, 9.17) is 4.74 Å². The van der Waals surface area contributed by atoms with Crippen LogP contribution in [-0.2, 0) is 14.3 Å². The lowest BCUT2D eigenvalue weighted by Crippen LogP contribution is -2.53. The number of rotatable bonds is 4. The van der Waals surface area contributed by atoms with Crippen LogP contribution >= 0.6 is 0 Å². The Kier molecular flexibility index (Phi) is 4.58. The lowest BCUT2D eigenvalue weighted by molar-refractivity contribution is -0.144. The Morgan fingerprint density at radius 1 is 1.24 bits per heavy atom. The third-order valence-corrected chi connectivity index (χ3v) is 4.33. The van der Waals surface area contributed by atoms with Gasteiger partial charge in [-0.05, 0) is 27.8 Å². The zero-order chi connectivity index (χ0) is 15.8. The van der Waals surface area contributed by atoms with Crippen molar-refractivity contribution in [3.05, 3.63) is 0 Å². The smallest absolute Gasteiger partial charge is 0.254 e. The van der Waals surface area contributed by atoms with Crippen LogP contribution in [0.25, 0.3) is 0 Å². The summed E-state index contributed by atoms with van der Waals surface area (Å²) in [5.41, 5.74) is -0.571. The first kappa shape index (κ1) is 16.2. The molecule has 0 aromatic rings. The van der Waals surface area contributed by atoms with Crippen molar-refractivity contribution < 1.29 is 14.3 Å². The van der Waals surface area contributed by atoms with Gasteiger partial charge in [0.25, 0.3) is 5.91 Å². The summed E-state index contributed by atoms with van der Waals surface area (Å²) < 4.78 is 5.21. The molecule has 6 heteroatoms. The molecule has 2 rings (SSSR count). The Hall–Kier alpha value is -1.14. The van der Waals surface area contributed by atoms with Crippen molar-refractivity contribution in [2.75, 3.05) is 46.8 Å². The normalized spacial score (nSPS) is 26.6. The van der Waals surface area contributed by atoms with Crippen LogP contribution in [0.5, 0.6) is 0 Å². The molecule has 0 saturated carbocycles. The van der Waals surface area contributed by atoms with Crippen LogP contribution in [0.1, 0.15) is 20.8 Å². The summed E-state index contributed by atoms with van der Waals surface area (Å²) >= 11 is 0. The van der Waals surface area contributed by atoms with Gasteiger partial charge in [0.2, 0.25) is 5.91 Å². The van der Waals surface area contributed by atoms with Crippen LogP contribution in [0.2, 0.25) is 0 Å². The van der Waals surface area contributed by atoms with Gasteiger partial charge in [0.1, 0.15) is 0 Å². The zero-order valence-electron chi connectivity index (χ0n) is 13.8. The standard InChI is InChI=1S/C15H27N3O3/c1-11-12(21-11)13(19)17(5)10-15(2,3)14(20)18-8-6-16(4)7-9-18/h11-12H,6-10H2,1-5H3. The summed E-state index contributed by atoms with van der Waals surface area (Å²) in [5, 5.41) is 0. The van der Waals surface area contributed by atoms with Crippen molar-refractivity contribution in [1.82, 2.24) is 14.7 Å². The highest BCUT2D eigenvalue weighted by Gasteiger charge is 2.44. The van der Waals surface area contributed by atoms with E-state index >= 15 is 0 Å². The quantitative estimate of drug-likeness (QED) is 0.687. The number of piperazine rings is 1. The van der Waals surface area contributed by atoms with Gasteiger partial charge >= 0.3 is 0 Å². The molecule has 2 unspecified atom stereocenters. The number of ether oxygens (including phenoxy) is 1. The summed E-state index contributed by atoms with van der Waals surface area (Å²) in [6.45, 7) is 9.47. The molecule has 0 spiro atoms. The Morgan fingerprint density at radius 2 is 1.76 bits per heavy atom. The first-order valence-corrected chi connectivity index (χ1v) is 7.61. The van der Waals surface area contributed by atoms with Crippen molar-refractivity contribution in [2.45, 2.75) is 33.0 Å². The SMILES string of the molecule is CC1OC1C(=O)N(C)CC(C)(C)C(=O)N1CCN(C)CC1. The average molecular weight is 297 g/mol. The van der Waals surface area contributed by atoms with Gasteiger partial charge in [0.15, 0.2) is 6.10 Å². The lowest BCUT2D eigenvalue weighted by Gasteiger charge is -2.38. The van der Waals surface area contributed by atoms with E-state index in [1.54, 1.807) is 11.9 Å². The summed E-state index contributed by atoms with van der Waals surface area (Å²) in [7, 11) is 3.81. The van der Waals surface area contributed by atoms with Gasteiger partial charge in [-0.1, -0.05) is 0 Å². The number of carbonyl (C=O) groups is 2. The fourth-order valence-corrected chi connectivity index (χ4v) is 2.84. The van der Waals surface area contributed by atoms with Crippen LogP contribution in [0.3, 0.4) is 0 Å². The molecule has 0 N–H and O–H groups in total. The molecule has 0 bridgehead atoms. The molecule has 2 fully saturated rings. The molecule has 0 aliphatic carbocycles. The van der Waals surface area contributed by atoms with E-state index in [0.717, 1.165) is 26.2 Å². The van der Waals surface area contributed by atoms with Crippen LogP contribution in [0, 0.1) is 5.41 Å². The third kappa shape index (κ3) is 3.74. The minimum Gasteiger partial charge on any atom is -0.359 e. The van der Waals surface area contributed by atoms with Crippen LogP contribution in [-0.4, -0.2) is 85.5 Å². The van der Waals surface area contributed by atoms with Crippen molar-refractivity contribution in [3.63, 3.8) is 0 Å². The van der Waals surface area contributed by atoms with Crippen LogP contribution in [0.4, 0.5) is 0 Å². The molecule has 2 heterocycles. The Balaban J connectivity index is 1.90. The predicted molar refractivity (Wildman–Crippen MR) is 79.8 cm³/mol. The fourth-order valence-electron chi connectivity index (χ4n) is 2.84. The van der Waals surface area contributed by atoms with Gasteiger partial charge < -0.3 is 19.4 Å². The highest BCUT2D eigenvalue weighted by atomic mass is 16.6. The molecule has 120 valence electrons. The van der Waals surface area contributed by atoms with Gasteiger partial charge in [-0.25, -0.2) is 0 Å². The van der Waals surface area contributed by atoms with Gasteiger partial charge in [0.05, 0.1) is 11.5 Å². The molecular weight excluding hydrogens is 270 g/mol. The number of hydrogen-bond donors (Lipinski definition) is 0. The van der Waals surface area contributed by atoms with E-state index in [1.165, 1.54) is 0 Å². The van der Waals surface area contributed by atoms with E-state index in [9.17, 15) is 9.59 Å². The average Bonchev–Trinajstić information content (AvgIpc) is 3.14. The Bertz CT molecular complexity index is 416. The molecule has 2 aliphatic heterocycles. The predicted octanol–water partition coefficient (Wildman–Crippen LogP) is 0.0323. The maximum atomic E-state index is 12.7. The molecule has 2 amide bonds. The monoisotopic (exact) mass is 297 g/mol. The Labute approximate surface area is 127 Å². The van der Waals surface area contributed by atoms with Crippen molar-refractivity contribution >= 4 is 11.8 Å². The molecule has 21 heavy (non-hydrogen) atoms. The topological polar surface area (TPSA) is 56.4 Å². The maximum Gasteiger partial charge on any atom is 0.254 e. The molecule has 0 aromatic carbocycles. The highest BCUT2D eigenvalue weighted by Crippen LogP contribution is 2.26. The van der Waals surface area contributed by atoms with Crippen molar-refractivity contribution in [1.29, 1.82) is 0 Å². The summed E-state index contributed by atoms with van der Waals surface area (Å²) in [4.78, 5) is 30.5. The zero-order valence-corrected chi connectivity index (χ0v) is 13.8. The summed E-state index contributed by atoms with van der Waals surface area (Å²) in [6.07, 6.45) is -0.305. The number of nitrogens with zero attached hydrogens (tertiary/aromatic N) is 3. The lowest BCUT2D eigenvalue weighted by atomic mass is 9.90. The minimum atomic E-state index is -0.571. The van der Waals surface area contributed by atoms with Crippen LogP contribution in [0.15, 0.2) is 0 Å². The number of likely N-dealkylation sites (N-methyl/N-ethyl adjacent to an activating group) is 2. The first-order chi connectivity index (χ1) is 9.72. The molecule has 6 nitrogen and oxygen atoms in total. The van der Waals surface area contributed by atoms with E-state index < -0.39 is 5.41 Å². The molecule has 0 radical (unpaired) electrons. The third-order valence-electron chi connectivity index (χ3n) is 4.33. The van der Waals surface area contributed by atoms with E-state index in [2.05, 4.69) is 11.9 Å². The maximum absolute atomic E-state index is 12.7. The molecule has 2 saturated heterocycles. The van der Waals surface area contributed by atoms with Crippen molar-refractivity contribution in [2.24, 2.45) is 5.41 Å². The molecule has 2 aliphatic rings. The van der Waals surface area contributed by atoms with Gasteiger partial charge in [-0.15, -0.1) is 0 Å². The fraction of sp³-hybridized carbons (Fsp3) is 0.867. The van der Waals surface area contributed by atoms with E-state index in [0.29, 0.717) is 6.54 Å². The summed E-state index contributed by atoms with van der Waals surface area (Å²) in [6, 6.07) is 0. The number of amides is 2. The number of epoxide rings is 1. The number of carbonyl (C=O) groups excluding carboxylic acids is 2. The van der Waals surface area contributed by atoms with Crippen molar-refractivity contribution in [3.8, 4) is 0 Å².